The van der Waals surface area contributed by atoms with Crippen LogP contribution in [0.2, 0.25) is 0 Å². The second kappa shape index (κ2) is 8.25. The number of aromatic nitrogens is 2. The fraction of sp³-hybridized carbons (Fsp3) is 0.250. The number of pyridine rings is 1. The van der Waals surface area contributed by atoms with Crippen molar-refractivity contribution < 1.29 is 28.2 Å². The molecule has 5 N–H and O–H groups in total. The standard InChI is InChI=1S/C20H19F3N4O3S/c1-19(2,30)11-8-6-10(7-9-11)17-27-14(16(24)29)18(31-17)26-13-5-3-4-12(25-13)15(28)20(21,22)23/h3-9,15,28,30H,1-2H3,(H2,24,29)(H,25,26). The van der Waals surface area contributed by atoms with Gasteiger partial charge in [0.1, 0.15) is 15.8 Å². The highest BCUT2D eigenvalue weighted by atomic mass is 32.1. The number of alkyl halides is 3. The number of nitrogens with zero attached hydrogens (tertiary/aromatic N) is 2. The van der Waals surface area contributed by atoms with Gasteiger partial charge in [-0.05, 0) is 31.5 Å². The Morgan fingerprint density at radius 2 is 1.77 bits per heavy atom. The van der Waals surface area contributed by atoms with Crippen LogP contribution in [0, 0.1) is 0 Å². The van der Waals surface area contributed by atoms with E-state index in [1.165, 1.54) is 12.1 Å². The summed E-state index contributed by atoms with van der Waals surface area (Å²) >= 11 is 1.06. The van der Waals surface area contributed by atoms with E-state index in [0.717, 1.165) is 17.4 Å². The predicted octanol–water partition coefficient (Wildman–Crippen LogP) is 3.87. The van der Waals surface area contributed by atoms with Gasteiger partial charge in [0.2, 0.25) is 0 Å². The van der Waals surface area contributed by atoms with Crippen LogP contribution in [0.3, 0.4) is 0 Å². The van der Waals surface area contributed by atoms with Crippen LogP contribution in [-0.2, 0) is 5.60 Å². The number of rotatable bonds is 6. The molecule has 1 amide bonds. The molecule has 11 heteroatoms. The van der Waals surface area contributed by atoms with Crippen LogP contribution in [0.4, 0.5) is 24.0 Å². The van der Waals surface area contributed by atoms with Crippen molar-refractivity contribution in [3.63, 3.8) is 0 Å². The maximum Gasteiger partial charge on any atom is 0.420 e. The fourth-order valence-corrected chi connectivity index (χ4v) is 3.66. The second-order valence-corrected chi connectivity index (χ2v) is 8.21. The molecule has 164 valence electrons. The summed E-state index contributed by atoms with van der Waals surface area (Å²) in [5, 5.41) is 22.9. The average Bonchev–Trinajstić information content (AvgIpc) is 3.10. The smallest absolute Gasteiger partial charge is 0.386 e. The van der Waals surface area contributed by atoms with Crippen LogP contribution in [0.15, 0.2) is 42.5 Å². The zero-order valence-corrected chi connectivity index (χ0v) is 17.3. The molecule has 0 saturated heterocycles. The number of carbonyl (C=O) groups excluding carboxylic acids is 1. The van der Waals surface area contributed by atoms with E-state index in [0.29, 0.717) is 16.1 Å². The minimum atomic E-state index is -4.86. The molecular formula is C20H19F3N4O3S. The van der Waals surface area contributed by atoms with E-state index < -0.39 is 29.5 Å². The third-order valence-electron chi connectivity index (χ3n) is 4.30. The summed E-state index contributed by atoms with van der Waals surface area (Å²) in [5.41, 5.74) is 5.02. The van der Waals surface area contributed by atoms with Crippen molar-refractivity contribution in [2.75, 3.05) is 5.32 Å². The van der Waals surface area contributed by atoms with E-state index >= 15 is 0 Å². The van der Waals surface area contributed by atoms with Gasteiger partial charge in [-0.2, -0.15) is 13.2 Å². The molecule has 0 aliphatic heterocycles. The number of primary amides is 1. The Hall–Kier alpha value is -3.02. The van der Waals surface area contributed by atoms with Crippen LogP contribution in [-0.4, -0.2) is 32.3 Å². The van der Waals surface area contributed by atoms with Gasteiger partial charge in [-0.15, -0.1) is 0 Å². The molecule has 2 aromatic heterocycles. The minimum absolute atomic E-state index is 0.0177. The van der Waals surface area contributed by atoms with Crippen molar-refractivity contribution in [3.05, 3.63) is 59.4 Å². The number of benzene rings is 1. The van der Waals surface area contributed by atoms with Crippen molar-refractivity contribution >= 4 is 28.1 Å². The van der Waals surface area contributed by atoms with Gasteiger partial charge in [0.25, 0.3) is 5.91 Å². The van der Waals surface area contributed by atoms with Crippen molar-refractivity contribution in [1.82, 2.24) is 9.97 Å². The number of nitrogens with two attached hydrogens (primary N) is 1. The van der Waals surface area contributed by atoms with Crippen LogP contribution < -0.4 is 11.1 Å². The molecule has 0 saturated carbocycles. The Labute approximate surface area is 179 Å². The van der Waals surface area contributed by atoms with E-state index in [1.807, 2.05) is 0 Å². The van der Waals surface area contributed by atoms with Gasteiger partial charge in [0.05, 0.1) is 11.3 Å². The zero-order valence-electron chi connectivity index (χ0n) is 16.4. The quantitative estimate of drug-likeness (QED) is 0.451. The summed E-state index contributed by atoms with van der Waals surface area (Å²) in [6, 6.07) is 10.6. The summed E-state index contributed by atoms with van der Waals surface area (Å²) < 4.78 is 38.3. The van der Waals surface area contributed by atoms with Gasteiger partial charge in [-0.3, -0.25) is 4.79 Å². The SMILES string of the molecule is CC(C)(O)c1ccc(-c2nc(C(N)=O)c(Nc3cccc(C(O)C(F)(F)F)n3)s2)cc1. The molecule has 0 radical (unpaired) electrons. The first kappa shape index (κ1) is 22.7. The average molecular weight is 452 g/mol. The maximum absolute atomic E-state index is 12.8. The first-order valence-corrected chi connectivity index (χ1v) is 9.80. The highest BCUT2D eigenvalue weighted by Crippen LogP contribution is 2.36. The molecule has 31 heavy (non-hydrogen) atoms. The number of hydrogen-bond acceptors (Lipinski definition) is 7. The lowest BCUT2D eigenvalue weighted by molar-refractivity contribution is -0.207. The topological polar surface area (TPSA) is 121 Å². The van der Waals surface area contributed by atoms with Crippen LogP contribution in [0.5, 0.6) is 0 Å². The van der Waals surface area contributed by atoms with Gasteiger partial charge in [-0.25, -0.2) is 9.97 Å². The molecule has 0 spiro atoms. The number of aliphatic hydroxyl groups is 2. The lowest BCUT2D eigenvalue weighted by atomic mass is 9.97. The molecule has 2 heterocycles. The monoisotopic (exact) mass is 452 g/mol. The summed E-state index contributed by atoms with van der Waals surface area (Å²) in [4.78, 5) is 19.8. The summed E-state index contributed by atoms with van der Waals surface area (Å²) in [6.45, 7) is 3.30. The van der Waals surface area contributed by atoms with E-state index in [2.05, 4.69) is 15.3 Å². The van der Waals surface area contributed by atoms with Crippen molar-refractivity contribution in [3.8, 4) is 10.6 Å². The Kier molecular flexibility index (Phi) is 6.03. The summed E-state index contributed by atoms with van der Waals surface area (Å²) in [5.74, 6) is -0.847. The van der Waals surface area contributed by atoms with Gasteiger partial charge < -0.3 is 21.3 Å². The first-order chi connectivity index (χ1) is 14.4. The molecular weight excluding hydrogens is 433 g/mol. The van der Waals surface area contributed by atoms with Crippen molar-refractivity contribution in [1.29, 1.82) is 0 Å². The lowest BCUT2D eigenvalue weighted by Crippen LogP contribution is -2.21. The molecule has 7 nitrogen and oxygen atoms in total. The minimum Gasteiger partial charge on any atom is -0.386 e. The normalized spacial score (nSPS) is 13.1. The molecule has 1 aromatic carbocycles. The van der Waals surface area contributed by atoms with Crippen molar-refractivity contribution in [2.45, 2.75) is 31.7 Å². The number of carbonyl (C=O) groups is 1. The van der Waals surface area contributed by atoms with Gasteiger partial charge >= 0.3 is 6.18 Å². The van der Waals surface area contributed by atoms with Gasteiger partial charge in [0.15, 0.2) is 11.8 Å². The number of nitrogens with one attached hydrogen (secondary N) is 1. The third kappa shape index (κ3) is 5.19. The maximum atomic E-state index is 12.8. The highest BCUT2D eigenvalue weighted by Gasteiger charge is 2.40. The molecule has 1 atom stereocenters. The summed E-state index contributed by atoms with van der Waals surface area (Å²) in [6.07, 6.45) is -7.60. The number of amides is 1. The molecule has 0 aliphatic carbocycles. The van der Waals surface area contributed by atoms with Gasteiger partial charge in [0, 0.05) is 5.56 Å². The Morgan fingerprint density at radius 3 is 2.32 bits per heavy atom. The first-order valence-electron chi connectivity index (χ1n) is 8.99. The van der Waals surface area contributed by atoms with E-state index in [4.69, 9.17) is 5.73 Å². The lowest BCUT2D eigenvalue weighted by Gasteiger charge is -2.17. The van der Waals surface area contributed by atoms with E-state index in [9.17, 15) is 28.2 Å². The fourth-order valence-electron chi connectivity index (χ4n) is 2.67. The molecule has 0 aliphatic rings. The number of halogens is 3. The van der Waals surface area contributed by atoms with Crippen LogP contribution >= 0.6 is 11.3 Å². The Bertz CT molecular complexity index is 1090. The van der Waals surface area contributed by atoms with E-state index in [-0.39, 0.29) is 16.5 Å². The molecule has 0 bridgehead atoms. The highest BCUT2D eigenvalue weighted by molar-refractivity contribution is 7.19. The summed E-state index contributed by atoms with van der Waals surface area (Å²) in [7, 11) is 0. The molecule has 3 aromatic rings. The molecule has 1 unspecified atom stereocenters. The number of thiazole rings is 1. The Morgan fingerprint density at radius 1 is 1.13 bits per heavy atom. The predicted molar refractivity (Wildman–Crippen MR) is 110 cm³/mol. The number of aliphatic hydroxyl groups excluding tert-OH is 1. The van der Waals surface area contributed by atoms with Gasteiger partial charge in [-0.1, -0.05) is 41.7 Å². The molecule has 3 rings (SSSR count). The second-order valence-electron chi connectivity index (χ2n) is 7.21. The van der Waals surface area contributed by atoms with Crippen LogP contribution in [0.25, 0.3) is 10.6 Å². The largest absolute Gasteiger partial charge is 0.420 e. The van der Waals surface area contributed by atoms with Crippen LogP contribution in [0.1, 0.15) is 41.7 Å². The molecule has 0 fully saturated rings. The number of anilines is 2. The number of hydrogen-bond donors (Lipinski definition) is 4. The zero-order chi connectivity index (χ0) is 23.0. The van der Waals surface area contributed by atoms with Crippen molar-refractivity contribution in [2.24, 2.45) is 5.73 Å². The Balaban J connectivity index is 1.93. The van der Waals surface area contributed by atoms with E-state index in [1.54, 1.807) is 38.1 Å². The third-order valence-corrected chi connectivity index (χ3v) is 5.32.